The first-order chi connectivity index (χ1) is 12.6. The highest BCUT2D eigenvalue weighted by molar-refractivity contribution is 9.09. The smallest absolute Gasteiger partial charge is 0.275 e. The van der Waals surface area contributed by atoms with Crippen molar-refractivity contribution >= 4 is 28.1 Å². The maximum Gasteiger partial charge on any atom is 0.275 e. The Balaban J connectivity index is 2.36. The van der Waals surface area contributed by atoms with Crippen molar-refractivity contribution in [2.24, 2.45) is 7.05 Å². The summed E-state index contributed by atoms with van der Waals surface area (Å²) in [6, 6.07) is 19.1. The summed E-state index contributed by atoms with van der Waals surface area (Å²) in [6.45, 7) is 0.420. The van der Waals surface area contributed by atoms with Gasteiger partial charge in [-0.05, 0) is 23.3 Å². The van der Waals surface area contributed by atoms with Gasteiger partial charge in [0.15, 0.2) is 0 Å². The fraction of sp³-hybridized carbons (Fsp3) is 0.143. The predicted octanol–water partition coefficient (Wildman–Crippen LogP) is 1.60. The summed E-state index contributed by atoms with van der Waals surface area (Å²) in [5, 5.41) is 1.33. The van der Waals surface area contributed by atoms with Crippen LogP contribution in [0.3, 0.4) is 0 Å². The fourth-order valence-corrected chi connectivity index (χ4v) is 3.16. The standard InChI is InChI=1S/C21H19BrN2O2/c1-23-18(14-16-8-4-2-5-9-16)21(26)24(13-12-22)19(20(23)25)15-17-10-6-3-7-11-17/h2-11,14-15H,12-13H2,1H3/b18-14-,19-15-. The quantitative estimate of drug-likeness (QED) is 0.613. The molecule has 132 valence electrons. The van der Waals surface area contributed by atoms with Crippen LogP contribution >= 0.6 is 15.9 Å². The number of halogens is 1. The van der Waals surface area contributed by atoms with Crippen LogP contribution in [0.25, 0.3) is 12.2 Å². The van der Waals surface area contributed by atoms with Crippen LogP contribution in [0.4, 0.5) is 0 Å². The third-order valence-electron chi connectivity index (χ3n) is 4.15. The van der Waals surface area contributed by atoms with Gasteiger partial charge in [-0.3, -0.25) is 9.59 Å². The van der Waals surface area contributed by atoms with Crippen LogP contribution in [0.2, 0.25) is 0 Å². The lowest BCUT2D eigenvalue weighted by molar-refractivity contribution is 0.643. The molecule has 0 radical (unpaired) electrons. The van der Waals surface area contributed by atoms with E-state index in [0.717, 1.165) is 11.1 Å². The SMILES string of the molecule is Cn1c(=O)/c(=C/c2ccccc2)n(CCBr)c(=O)/c1=C/c1ccccc1. The molecular weight excluding hydrogens is 392 g/mol. The van der Waals surface area contributed by atoms with E-state index in [2.05, 4.69) is 15.9 Å². The monoisotopic (exact) mass is 410 g/mol. The van der Waals surface area contributed by atoms with Crippen molar-refractivity contribution in [3.63, 3.8) is 0 Å². The first kappa shape index (κ1) is 18.1. The number of alkyl halides is 1. The summed E-state index contributed by atoms with van der Waals surface area (Å²) in [7, 11) is 1.64. The van der Waals surface area contributed by atoms with Crippen LogP contribution in [0, 0.1) is 0 Å². The Morgan fingerprint density at radius 1 is 0.808 bits per heavy atom. The van der Waals surface area contributed by atoms with E-state index in [-0.39, 0.29) is 11.1 Å². The predicted molar refractivity (Wildman–Crippen MR) is 109 cm³/mol. The Bertz CT molecular complexity index is 1130. The van der Waals surface area contributed by atoms with Crippen LogP contribution in [-0.4, -0.2) is 14.5 Å². The molecule has 0 saturated heterocycles. The van der Waals surface area contributed by atoms with Crippen LogP contribution < -0.4 is 21.8 Å². The summed E-state index contributed by atoms with van der Waals surface area (Å²) in [6.07, 6.45) is 3.51. The number of hydrogen-bond donors (Lipinski definition) is 0. The van der Waals surface area contributed by atoms with E-state index in [1.165, 1.54) is 4.57 Å². The molecular formula is C21H19BrN2O2. The van der Waals surface area contributed by atoms with Crippen molar-refractivity contribution in [1.82, 2.24) is 9.13 Å². The largest absolute Gasteiger partial charge is 0.305 e. The van der Waals surface area contributed by atoms with Gasteiger partial charge in [-0.2, -0.15) is 0 Å². The van der Waals surface area contributed by atoms with E-state index in [1.54, 1.807) is 23.8 Å². The molecule has 3 aromatic rings. The van der Waals surface area contributed by atoms with Gasteiger partial charge in [-0.15, -0.1) is 0 Å². The van der Waals surface area contributed by atoms with Crippen LogP contribution in [0.5, 0.6) is 0 Å². The van der Waals surface area contributed by atoms with Gasteiger partial charge >= 0.3 is 0 Å². The second-order valence-corrected chi connectivity index (χ2v) is 6.68. The van der Waals surface area contributed by atoms with Crippen LogP contribution in [0.15, 0.2) is 70.3 Å². The van der Waals surface area contributed by atoms with Gasteiger partial charge in [0.2, 0.25) is 0 Å². The lowest BCUT2D eigenvalue weighted by atomic mass is 10.2. The fourth-order valence-electron chi connectivity index (χ4n) is 2.81. The molecule has 0 aliphatic rings. The van der Waals surface area contributed by atoms with Gasteiger partial charge in [-0.1, -0.05) is 76.6 Å². The normalized spacial score (nSPS) is 12.5. The molecule has 0 aliphatic heterocycles. The Labute approximate surface area is 159 Å². The molecule has 0 fully saturated rings. The van der Waals surface area contributed by atoms with Gasteiger partial charge < -0.3 is 9.13 Å². The molecule has 1 heterocycles. The first-order valence-corrected chi connectivity index (χ1v) is 9.43. The van der Waals surface area contributed by atoms with E-state index in [4.69, 9.17) is 0 Å². The second-order valence-electron chi connectivity index (χ2n) is 5.89. The third-order valence-corrected chi connectivity index (χ3v) is 4.51. The number of benzene rings is 2. The minimum atomic E-state index is -0.198. The zero-order valence-electron chi connectivity index (χ0n) is 14.4. The van der Waals surface area contributed by atoms with Crippen LogP contribution in [-0.2, 0) is 13.6 Å². The number of rotatable bonds is 4. The Morgan fingerprint density at radius 2 is 1.31 bits per heavy atom. The number of hydrogen-bond acceptors (Lipinski definition) is 2. The number of nitrogens with zero attached hydrogens (tertiary/aromatic N) is 2. The minimum Gasteiger partial charge on any atom is -0.305 e. The summed E-state index contributed by atoms with van der Waals surface area (Å²) < 4.78 is 2.97. The van der Waals surface area contributed by atoms with Crippen molar-refractivity contribution in [2.75, 3.05) is 5.33 Å². The zero-order valence-corrected chi connectivity index (χ0v) is 16.0. The van der Waals surface area contributed by atoms with E-state index in [1.807, 2.05) is 60.7 Å². The number of aromatic nitrogens is 2. The molecule has 1 aromatic heterocycles. The molecule has 26 heavy (non-hydrogen) atoms. The molecule has 0 amide bonds. The van der Waals surface area contributed by atoms with Crippen molar-refractivity contribution in [3.05, 3.63) is 103 Å². The molecule has 0 aliphatic carbocycles. The molecule has 2 aromatic carbocycles. The minimum absolute atomic E-state index is 0.183. The first-order valence-electron chi connectivity index (χ1n) is 8.31. The van der Waals surface area contributed by atoms with E-state index < -0.39 is 0 Å². The van der Waals surface area contributed by atoms with Gasteiger partial charge in [0, 0.05) is 18.9 Å². The maximum absolute atomic E-state index is 13.1. The summed E-state index contributed by atoms with van der Waals surface area (Å²) in [5.41, 5.74) is 1.38. The molecule has 0 bridgehead atoms. The molecule has 5 heteroatoms. The Hall–Kier alpha value is -2.66. The van der Waals surface area contributed by atoms with Crippen molar-refractivity contribution < 1.29 is 0 Å². The van der Waals surface area contributed by atoms with Crippen molar-refractivity contribution in [1.29, 1.82) is 0 Å². The lowest BCUT2D eigenvalue weighted by Crippen LogP contribution is -2.57. The average molecular weight is 411 g/mol. The highest BCUT2D eigenvalue weighted by Crippen LogP contribution is 1.98. The molecule has 0 unspecified atom stereocenters. The molecule has 3 rings (SSSR count). The highest BCUT2D eigenvalue weighted by atomic mass is 79.9. The molecule has 0 N–H and O–H groups in total. The highest BCUT2D eigenvalue weighted by Gasteiger charge is 2.08. The third kappa shape index (κ3) is 3.78. The summed E-state index contributed by atoms with van der Waals surface area (Å²) in [4.78, 5) is 26.0. The van der Waals surface area contributed by atoms with Gasteiger partial charge in [0.25, 0.3) is 11.1 Å². The second kappa shape index (κ2) is 8.15. The van der Waals surface area contributed by atoms with Crippen molar-refractivity contribution in [2.45, 2.75) is 6.54 Å². The van der Waals surface area contributed by atoms with Gasteiger partial charge in [0.05, 0.1) is 0 Å². The Kier molecular flexibility index (Phi) is 5.68. The van der Waals surface area contributed by atoms with Gasteiger partial charge in [0.1, 0.15) is 10.7 Å². The Morgan fingerprint density at radius 3 is 1.81 bits per heavy atom. The molecule has 0 atom stereocenters. The molecule has 0 spiro atoms. The van der Waals surface area contributed by atoms with E-state index in [0.29, 0.717) is 22.6 Å². The summed E-state index contributed by atoms with van der Waals surface area (Å²) >= 11 is 3.38. The average Bonchev–Trinajstić information content (AvgIpc) is 2.68. The lowest BCUT2D eigenvalue weighted by Gasteiger charge is -2.08. The van der Waals surface area contributed by atoms with Crippen LogP contribution in [0.1, 0.15) is 11.1 Å². The summed E-state index contributed by atoms with van der Waals surface area (Å²) in [5.74, 6) is 0. The maximum atomic E-state index is 13.1. The van der Waals surface area contributed by atoms with E-state index >= 15 is 0 Å². The van der Waals surface area contributed by atoms with Crippen molar-refractivity contribution in [3.8, 4) is 0 Å². The van der Waals surface area contributed by atoms with Gasteiger partial charge in [-0.25, -0.2) is 0 Å². The topological polar surface area (TPSA) is 44.0 Å². The van der Waals surface area contributed by atoms with E-state index in [9.17, 15) is 9.59 Å². The molecule has 0 saturated carbocycles. The zero-order chi connectivity index (χ0) is 18.5. The molecule has 4 nitrogen and oxygen atoms in total.